The molecule has 1 unspecified atom stereocenters. The van der Waals surface area contributed by atoms with Crippen LogP contribution in [0.25, 0.3) is 0 Å². The average molecular weight is 413 g/mol. The van der Waals surface area contributed by atoms with Crippen LogP contribution in [0.3, 0.4) is 0 Å². The van der Waals surface area contributed by atoms with E-state index < -0.39 is 0 Å². The van der Waals surface area contributed by atoms with Crippen LogP contribution in [-0.4, -0.2) is 70.8 Å². The zero-order valence-corrected chi connectivity index (χ0v) is 20.0. The molecule has 2 saturated heterocycles. The van der Waals surface area contributed by atoms with E-state index in [2.05, 4.69) is 50.1 Å². The molecule has 164 valence electrons. The van der Waals surface area contributed by atoms with Gasteiger partial charge < -0.3 is 14.4 Å². The van der Waals surface area contributed by atoms with Crippen LogP contribution in [0.1, 0.15) is 80.1 Å². The number of rotatable bonds is 6. The number of piperidine rings is 2. The molecule has 0 aromatic rings. The maximum Gasteiger partial charge on any atom is 0.105 e. The highest BCUT2D eigenvalue weighted by atomic mass is 32.1. The van der Waals surface area contributed by atoms with Crippen molar-refractivity contribution in [2.45, 2.75) is 115 Å². The van der Waals surface area contributed by atoms with Gasteiger partial charge in [0.25, 0.3) is 0 Å². The fourth-order valence-electron chi connectivity index (χ4n) is 5.17. The second-order valence-electron chi connectivity index (χ2n) is 10.9. The summed E-state index contributed by atoms with van der Waals surface area (Å²) in [6.45, 7) is 18.4. The first-order valence-electron chi connectivity index (χ1n) is 11.6. The Bertz CT molecular complexity index is 480. The first kappa shape index (κ1) is 22.9. The molecule has 3 fully saturated rings. The van der Waals surface area contributed by atoms with Gasteiger partial charge in [0, 0.05) is 37.5 Å². The van der Waals surface area contributed by atoms with Crippen molar-refractivity contribution in [1.29, 1.82) is 0 Å². The van der Waals surface area contributed by atoms with Gasteiger partial charge in [0.1, 0.15) is 4.93 Å². The van der Waals surface area contributed by atoms with Crippen molar-refractivity contribution in [1.82, 2.24) is 9.80 Å². The lowest BCUT2D eigenvalue weighted by molar-refractivity contribution is -0.153. The molecule has 1 atom stereocenters. The normalized spacial score (nSPS) is 31.0. The van der Waals surface area contributed by atoms with E-state index in [0.29, 0.717) is 29.9 Å². The third kappa shape index (κ3) is 6.34. The van der Waals surface area contributed by atoms with Gasteiger partial charge in [0.15, 0.2) is 0 Å². The molecule has 1 saturated carbocycles. The molecule has 0 aromatic carbocycles. The molecule has 3 aliphatic rings. The largest absolute Gasteiger partial charge is 0.375 e. The van der Waals surface area contributed by atoms with Gasteiger partial charge in [-0.15, -0.1) is 12.6 Å². The third-order valence-electron chi connectivity index (χ3n) is 7.11. The summed E-state index contributed by atoms with van der Waals surface area (Å²) in [6.07, 6.45) is 8.31. The predicted molar refractivity (Wildman–Crippen MR) is 120 cm³/mol. The summed E-state index contributed by atoms with van der Waals surface area (Å²) in [5.41, 5.74) is 0.318. The van der Waals surface area contributed by atoms with E-state index in [1.54, 1.807) is 0 Å². The number of hydrogen-bond acceptors (Lipinski definition) is 5. The topological polar surface area (TPSA) is 24.9 Å². The van der Waals surface area contributed by atoms with Gasteiger partial charge in [-0.2, -0.15) is 0 Å². The summed E-state index contributed by atoms with van der Waals surface area (Å²) in [5, 5.41) is 0. The quantitative estimate of drug-likeness (QED) is 0.510. The van der Waals surface area contributed by atoms with E-state index in [4.69, 9.17) is 9.47 Å². The molecule has 0 bridgehead atoms. The van der Waals surface area contributed by atoms with Crippen molar-refractivity contribution >= 4 is 12.6 Å². The fourth-order valence-corrected chi connectivity index (χ4v) is 5.32. The summed E-state index contributed by atoms with van der Waals surface area (Å²) in [7, 11) is 0. The molecule has 2 heterocycles. The van der Waals surface area contributed by atoms with Crippen molar-refractivity contribution in [2.75, 3.05) is 26.2 Å². The Morgan fingerprint density at radius 2 is 1.39 bits per heavy atom. The summed E-state index contributed by atoms with van der Waals surface area (Å²) in [5.74, 6) is 0.852. The van der Waals surface area contributed by atoms with Crippen molar-refractivity contribution < 1.29 is 9.47 Å². The van der Waals surface area contributed by atoms with Crippen molar-refractivity contribution in [2.24, 2.45) is 5.92 Å². The van der Waals surface area contributed by atoms with E-state index in [1.807, 2.05) is 13.8 Å². The van der Waals surface area contributed by atoms with Gasteiger partial charge in [-0.05, 0) is 86.2 Å². The van der Waals surface area contributed by atoms with Gasteiger partial charge in [-0.1, -0.05) is 0 Å². The highest BCUT2D eigenvalue weighted by Crippen LogP contribution is 2.34. The highest BCUT2D eigenvalue weighted by Gasteiger charge is 2.37. The van der Waals surface area contributed by atoms with E-state index in [9.17, 15) is 0 Å². The molecule has 0 amide bonds. The maximum absolute atomic E-state index is 6.36. The van der Waals surface area contributed by atoms with Gasteiger partial charge in [0.05, 0.1) is 18.3 Å². The van der Waals surface area contributed by atoms with Gasteiger partial charge in [-0.25, -0.2) is 0 Å². The highest BCUT2D eigenvalue weighted by molar-refractivity contribution is 7.81. The Balaban J connectivity index is 1.33. The zero-order chi connectivity index (χ0) is 20.5. The number of thiol groups is 1. The summed E-state index contributed by atoms with van der Waals surface area (Å²) >= 11 is 4.46. The lowest BCUT2D eigenvalue weighted by Gasteiger charge is -2.46. The minimum atomic E-state index is -0.333. The maximum atomic E-state index is 6.36. The van der Waals surface area contributed by atoms with Crippen LogP contribution in [0, 0.1) is 5.92 Å². The zero-order valence-electron chi connectivity index (χ0n) is 19.1. The van der Waals surface area contributed by atoms with Crippen LogP contribution in [0.5, 0.6) is 0 Å². The fraction of sp³-hybridized carbons (Fsp3) is 1.00. The molecule has 4 nitrogen and oxygen atoms in total. The van der Waals surface area contributed by atoms with E-state index in [-0.39, 0.29) is 4.93 Å². The monoisotopic (exact) mass is 412 g/mol. The van der Waals surface area contributed by atoms with Crippen LogP contribution in [0.4, 0.5) is 0 Å². The molecule has 0 radical (unpaired) electrons. The molecule has 1 aliphatic carbocycles. The van der Waals surface area contributed by atoms with Gasteiger partial charge >= 0.3 is 0 Å². The number of ether oxygens (including phenoxy) is 2. The molecule has 2 aliphatic heterocycles. The molecular weight excluding hydrogens is 368 g/mol. The Kier molecular flexibility index (Phi) is 7.46. The molecular formula is C23H44N2O2S. The smallest absolute Gasteiger partial charge is 0.105 e. The van der Waals surface area contributed by atoms with E-state index in [0.717, 1.165) is 18.8 Å². The minimum Gasteiger partial charge on any atom is -0.375 e. The van der Waals surface area contributed by atoms with Crippen molar-refractivity contribution in [3.8, 4) is 0 Å². The summed E-state index contributed by atoms with van der Waals surface area (Å²) in [6, 6.07) is 0.710. The van der Waals surface area contributed by atoms with Gasteiger partial charge in [0.2, 0.25) is 0 Å². The van der Waals surface area contributed by atoms with Crippen LogP contribution < -0.4 is 0 Å². The Morgan fingerprint density at radius 1 is 0.821 bits per heavy atom. The summed E-state index contributed by atoms with van der Waals surface area (Å²) < 4.78 is 12.3. The Morgan fingerprint density at radius 3 is 1.89 bits per heavy atom. The predicted octanol–water partition coefficient (Wildman–Crippen LogP) is 4.58. The molecule has 0 N–H and O–H groups in total. The number of nitrogens with zero attached hydrogens (tertiary/aromatic N) is 2. The molecule has 5 heteroatoms. The van der Waals surface area contributed by atoms with Crippen LogP contribution in [0.15, 0.2) is 0 Å². The lowest BCUT2D eigenvalue weighted by atomic mass is 9.86. The molecule has 0 aromatic heterocycles. The summed E-state index contributed by atoms with van der Waals surface area (Å²) in [4.78, 5) is 5.05. The van der Waals surface area contributed by atoms with Crippen LogP contribution in [-0.2, 0) is 9.47 Å². The second kappa shape index (κ2) is 9.13. The SMILES string of the molecule is CC(C1CCN(C(C)(C)C)CC1)N1CCC(O[C@H]2C[C@H](OC(C)(C)S)C2)CC1. The Hall–Kier alpha value is 0.190. The van der Waals surface area contributed by atoms with Crippen molar-refractivity contribution in [3.63, 3.8) is 0 Å². The van der Waals surface area contributed by atoms with Crippen molar-refractivity contribution in [3.05, 3.63) is 0 Å². The first-order valence-corrected chi connectivity index (χ1v) is 12.0. The van der Waals surface area contributed by atoms with Crippen LogP contribution >= 0.6 is 12.6 Å². The third-order valence-corrected chi connectivity index (χ3v) is 7.22. The standard InChI is InChI=1S/C23H44N2O2S/c1-17(18-7-13-25(14-8-18)22(2,3)4)24-11-9-19(10-12-24)26-20-15-21(16-20)27-23(5,6)28/h17-21,28H,7-16H2,1-6H3/t17?,20-,21-. The number of hydrogen-bond donors (Lipinski definition) is 1. The van der Waals surface area contributed by atoms with E-state index >= 15 is 0 Å². The minimum absolute atomic E-state index is 0.318. The Labute approximate surface area is 179 Å². The van der Waals surface area contributed by atoms with E-state index in [1.165, 1.54) is 51.9 Å². The number of likely N-dealkylation sites (tertiary alicyclic amines) is 2. The van der Waals surface area contributed by atoms with Crippen LogP contribution in [0.2, 0.25) is 0 Å². The average Bonchev–Trinajstić information content (AvgIpc) is 2.58. The second-order valence-corrected chi connectivity index (χ2v) is 12.0. The van der Waals surface area contributed by atoms with Gasteiger partial charge in [-0.3, -0.25) is 4.90 Å². The lowest BCUT2D eigenvalue weighted by Crippen LogP contribution is -2.51. The molecule has 0 spiro atoms. The molecule has 28 heavy (non-hydrogen) atoms. The molecule has 3 rings (SSSR count). The first-order chi connectivity index (χ1) is 13.0.